The fourth-order valence-electron chi connectivity index (χ4n) is 1.87. The van der Waals surface area contributed by atoms with Crippen molar-refractivity contribution in [3.8, 4) is 0 Å². The van der Waals surface area contributed by atoms with Crippen LogP contribution in [0.2, 0.25) is 0 Å². The monoisotopic (exact) mass is 183 g/mol. The summed E-state index contributed by atoms with van der Waals surface area (Å²) in [7, 11) is 1.86. The van der Waals surface area contributed by atoms with Crippen LogP contribution in [0.25, 0.3) is 0 Å². The summed E-state index contributed by atoms with van der Waals surface area (Å²) < 4.78 is 0. The Labute approximate surface area is 79.0 Å². The van der Waals surface area contributed by atoms with Gasteiger partial charge in [0.2, 0.25) is 0 Å². The fraction of sp³-hybridized carbons (Fsp3) is 0.700. The lowest BCUT2D eigenvalue weighted by Gasteiger charge is -2.13. The number of aliphatic carboxylic acids is 1. The van der Waals surface area contributed by atoms with E-state index in [1.54, 1.807) is 0 Å². The van der Waals surface area contributed by atoms with Crippen molar-refractivity contribution in [1.29, 1.82) is 0 Å². The number of likely N-dealkylation sites (N-methyl/N-ethyl adjacent to an activating group) is 1. The Hall–Kier alpha value is -0.830. The van der Waals surface area contributed by atoms with E-state index in [1.165, 1.54) is 5.57 Å². The van der Waals surface area contributed by atoms with E-state index in [0.717, 1.165) is 19.4 Å². The van der Waals surface area contributed by atoms with E-state index >= 15 is 0 Å². The smallest absolute Gasteiger partial charge is 0.320 e. The zero-order valence-corrected chi connectivity index (χ0v) is 8.29. The first-order chi connectivity index (χ1) is 6.06. The van der Waals surface area contributed by atoms with Gasteiger partial charge in [0.05, 0.1) is 0 Å². The van der Waals surface area contributed by atoms with Crippen molar-refractivity contribution in [2.24, 2.45) is 5.92 Å². The summed E-state index contributed by atoms with van der Waals surface area (Å²) in [6.45, 7) is 6.87. The number of rotatable bonds is 3. The molecule has 3 heteroatoms. The largest absolute Gasteiger partial charge is 0.480 e. The van der Waals surface area contributed by atoms with Crippen LogP contribution >= 0.6 is 0 Å². The average Bonchev–Trinajstić information content (AvgIpc) is 2.46. The minimum Gasteiger partial charge on any atom is -0.480 e. The molecule has 74 valence electrons. The van der Waals surface area contributed by atoms with Crippen molar-refractivity contribution >= 4 is 5.97 Å². The second kappa shape index (κ2) is 3.92. The van der Waals surface area contributed by atoms with Crippen LogP contribution in [-0.2, 0) is 4.79 Å². The molecule has 0 amide bonds. The van der Waals surface area contributed by atoms with Gasteiger partial charge >= 0.3 is 5.97 Å². The zero-order chi connectivity index (χ0) is 10.0. The molecular formula is C10H17NO2. The molecule has 0 radical (unpaired) electrons. The Balaban J connectivity index is 2.59. The maximum absolute atomic E-state index is 10.8. The predicted molar refractivity (Wildman–Crippen MR) is 51.6 cm³/mol. The summed E-state index contributed by atoms with van der Waals surface area (Å²) in [4.78, 5) is 12.7. The normalized spacial score (nSPS) is 29.1. The number of hydrogen-bond donors (Lipinski definition) is 1. The molecule has 1 heterocycles. The van der Waals surface area contributed by atoms with Gasteiger partial charge in [0.15, 0.2) is 0 Å². The minimum absolute atomic E-state index is 0.312. The van der Waals surface area contributed by atoms with Crippen LogP contribution in [0, 0.1) is 5.92 Å². The highest BCUT2D eigenvalue weighted by Crippen LogP contribution is 2.28. The molecule has 0 spiro atoms. The fourth-order valence-corrected chi connectivity index (χ4v) is 1.87. The third kappa shape index (κ3) is 2.10. The molecule has 3 nitrogen and oxygen atoms in total. The third-order valence-electron chi connectivity index (χ3n) is 2.86. The van der Waals surface area contributed by atoms with Crippen LogP contribution in [0.4, 0.5) is 0 Å². The summed E-state index contributed by atoms with van der Waals surface area (Å²) in [6.07, 6.45) is 1.67. The number of hydrogen-bond acceptors (Lipinski definition) is 2. The van der Waals surface area contributed by atoms with Crippen LogP contribution in [-0.4, -0.2) is 35.6 Å². The first-order valence-corrected chi connectivity index (χ1v) is 4.67. The number of likely N-dealkylation sites (tertiary alicyclic amines) is 1. The number of nitrogens with zero attached hydrogens (tertiary/aromatic N) is 1. The van der Waals surface area contributed by atoms with Crippen LogP contribution in [0.3, 0.4) is 0 Å². The quantitative estimate of drug-likeness (QED) is 0.671. The first-order valence-electron chi connectivity index (χ1n) is 4.67. The lowest BCUT2D eigenvalue weighted by atomic mass is 9.96. The third-order valence-corrected chi connectivity index (χ3v) is 2.86. The predicted octanol–water partition coefficient (Wildman–Crippen LogP) is 1.36. The van der Waals surface area contributed by atoms with E-state index in [4.69, 9.17) is 5.11 Å². The van der Waals surface area contributed by atoms with E-state index in [-0.39, 0.29) is 6.04 Å². The number of carboxylic acids is 1. The Morgan fingerprint density at radius 2 is 2.31 bits per heavy atom. The molecule has 0 aromatic rings. The molecule has 1 saturated heterocycles. The van der Waals surface area contributed by atoms with Gasteiger partial charge < -0.3 is 5.11 Å². The van der Waals surface area contributed by atoms with E-state index in [2.05, 4.69) is 13.5 Å². The summed E-state index contributed by atoms with van der Waals surface area (Å²) >= 11 is 0. The SMILES string of the molecule is C=C(CC)[C@@H]1CC(C(=O)O)N(C)C1. The molecule has 0 saturated carbocycles. The lowest BCUT2D eigenvalue weighted by molar-refractivity contribution is -0.141. The molecule has 2 atom stereocenters. The highest BCUT2D eigenvalue weighted by molar-refractivity contribution is 5.74. The van der Waals surface area contributed by atoms with Crippen LogP contribution in [0.15, 0.2) is 12.2 Å². The first kappa shape index (κ1) is 10.3. The van der Waals surface area contributed by atoms with Gasteiger partial charge in [0, 0.05) is 6.54 Å². The van der Waals surface area contributed by atoms with Crippen molar-refractivity contribution in [2.45, 2.75) is 25.8 Å². The molecule has 0 bridgehead atoms. The van der Waals surface area contributed by atoms with E-state index in [1.807, 2.05) is 11.9 Å². The average molecular weight is 183 g/mol. The molecule has 1 unspecified atom stereocenters. The van der Waals surface area contributed by atoms with Crippen LogP contribution in [0.5, 0.6) is 0 Å². The van der Waals surface area contributed by atoms with Crippen molar-refractivity contribution < 1.29 is 9.90 Å². The van der Waals surface area contributed by atoms with Crippen molar-refractivity contribution in [1.82, 2.24) is 4.90 Å². The zero-order valence-electron chi connectivity index (χ0n) is 8.29. The Bertz CT molecular complexity index is 225. The van der Waals surface area contributed by atoms with Gasteiger partial charge in [0.25, 0.3) is 0 Å². The maximum atomic E-state index is 10.8. The van der Waals surface area contributed by atoms with Gasteiger partial charge in [-0.15, -0.1) is 0 Å². The minimum atomic E-state index is -0.714. The Morgan fingerprint density at radius 1 is 1.69 bits per heavy atom. The summed E-state index contributed by atoms with van der Waals surface area (Å²) in [5.74, 6) is -0.343. The standard InChI is InChI=1S/C10H17NO2/c1-4-7(2)8-5-9(10(12)13)11(3)6-8/h8-9H,2,4-6H2,1,3H3,(H,12,13)/t8-,9?/m1/s1. The van der Waals surface area contributed by atoms with E-state index < -0.39 is 5.97 Å². The second-order valence-corrected chi connectivity index (χ2v) is 3.74. The van der Waals surface area contributed by atoms with Crippen molar-refractivity contribution in [3.05, 3.63) is 12.2 Å². The van der Waals surface area contributed by atoms with Gasteiger partial charge in [0.1, 0.15) is 6.04 Å². The molecule has 1 N–H and O–H groups in total. The molecule has 13 heavy (non-hydrogen) atoms. The molecular weight excluding hydrogens is 166 g/mol. The van der Waals surface area contributed by atoms with Gasteiger partial charge in [-0.25, -0.2) is 0 Å². The molecule has 0 aromatic heterocycles. The Kier molecular flexibility index (Phi) is 3.09. The van der Waals surface area contributed by atoms with E-state index in [0.29, 0.717) is 5.92 Å². The second-order valence-electron chi connectivity index (χ2n) is 3.74. The number of carboxylic acid groups (broad SMARTS) is 1. The highest BCUT2D eigenvalue weighted by atomic mass is 16.4. The highest BCUT2D eigenvalue weighted by Gasteiger charge is 2.34. The molecule has 0 aromatic carbocycles. The lowest BCUT2D eigenvalue weighted by Crippen LogP contribution is -2.32. The molecule has 1 aliphatic heterocycles. The Morgan fingerprint density at radius 3 is 2.69 bits per heavy atom. The van der Waals surface area contributed by atoms with Gasteiger partial charge in [-0.2, -0.15) is 0 Å². The van der Waals surface area contributed by atoms with E-state index in [9.17, 15) is 4.79 Å². The molecule has 1 rings (SSSR count). The molecule has 0 aliphatic carbocycles. The molecule has 1 aliphatic rings. The van der Waals surface area contributed by atoms with Gasteiger partial charge in [-0.05, 0) is 25.8 Å². The van der Waals surface area contributed by atoms with Crippen molar-refractivity contribution in [3.63, 3.8) is 0 Å². The summed E-state index contributed by atoms with van der Waals surface area (Å²) in [5, 5.41) is 8.88. The maximum Gasteiger partial charge on any atom is 0.320 e. The number of carbonyl (C=O) groups is 1. The summed E-state index contributed by atoms with van der Waals surface area (Å²) in [6, 6.07) is -0.312. The molecule has 1 fully saturated rings. The van der Waals surface area contributed by atoms with Crippen LogP contribution < -0.4 is 0 Å². The van der Waals surface area contributed by atoms with Gasteiger partial charge in [-0.3, -0.25) is 9.69 Å². The topological polar surface area (TPSA) is 40.5 Å². The van der Waals surface area contributed by atoms with Crippen LogP contribution in [0.1, 0.15) is 19.8 Å². The summed E-state index contributed by atoms with van der Waals surface area (Å²) in [5.41, 5.74) is 1.18. The van der Waals surface area contributed by atoms with Crippen molar-refractivity contribution in [2.75, 3.05) is 13.6 Å². The van der Waals surface area contributed by atoms with Gasteiger partial charge in [-0.1, -0.05) is 19.1 Å².